The molecular weight excluding hydrogens is 380 g/mol. The van der Waals surface area contributed by atoms with Crippen molar-refractivity contribution in [3.63, 3.8) is 0 Å². The van der Waals surface area contributed by atoms with Crippen molar-refractivity contribution in [1.29, 1.82) is 0 Å². The number of carbonyl (C=O) groups is 2. The van der Waals surface area contributed by atoms with E-state index in [0.717, 1.165) is 42.6 Å². The van der Waals surface area contributed by atoms with Gasteiger partial charge in [0.05, 0.1) is 5.75 Å². The number of benzene rings is 1. The third-order valence-corrected chi connectivity index (χ3v) is 6.69. The van der Waals surface area contributed by atoms with E-state index >= 15 is 0 Å². The van der Waals surface area contributed by atoms with Crippen molar-refractivity contribution in [2.45, 2.75) is 32.7 Å². The standard InChI is InChI=1S/C20H26N2O3S2/c1-15-6-9-21(10-7-15)20(26)27-14-19(24)25-13-18(23)22-11-8-16-4-2-3-5-17(16)12-22/h2-5,15H,6-14H2,1H3. The van der Waals surface area contributed by atoms with Crippen LogP contribution in [0.3, 0.4) is 0 Å². The van der Waals surface area contributed by atoms with Gasteiger partial charge in [-0.05, 0) is 36.3 Å². The van der Waals surface area contributed by atoms with Crippen LogP contribution in [0.15, 0.2) is 24.3 Å². The van der Waals surface area contributed by atoms with Crippen LogP contribution >= 0.6 is 24.0 Å². The molecule has 1 aromatic carbocycles. The quantitative estimate of drug-likeness (QED) is 0.566. The Balaban J connectivity index is 1.36. The maximum atomic E-state index is 12.3. The molecule has 5 nitrogen and oxygen atoms in total. The highest BCUT2D eigenvalue weighted by molar-refractivity contribution is 8.23. The van der Waals surface area contributed by atoms with E-state index in [1.807, 2.05) is 18.2 Å². The van der Waals surface area contributed by atoms with Crippen molar-refractivity contribution in [1.82, 2.24) is 9.80 Å². The van der Waals surface area contributed by atoms with Gasteiger partial charge < -0.3 is 14.5 Å². The van der Waals surface area contributed by atoms with Crippen molar-refractivity contribution < 1.29 is 14.3 Å². The molecule has 146 valence electrons. The molecule has 0 aromatic heterocycles. The molecule has 1 saturated heterocycles. The molecule has 0 bridgehead atoms. The van der Waals surface area contributed by atoms with Gasteiger partial charge in [-0.3, -0.25) is 9.59 Å². The van der Waals surface area contributed by atoms with Gasteiger partial charge in [-0.2, -0.15) is 0 Å². The van der Waals surface area contributed by atoms with Gasteiger partial charge in [-0.15, -0.1) is 0 Å². The summed E-state index contributed by atoms with van der Waals surface area (Å²) in [7, 11) is 0. The maximum absolute atomic E-state index is 12.3. The van der Waals surface area contributed by atoms with Crippen LogP contribution in [-0.4, -0.2) is 58.0 Å². The summed E-state index contributed by atoms with van der Waals surface area (Å²) in [4.78, 5) is 28.2. The number of amides is 1. The molecule has 2 aliphatic heterocycles. The molecule has 2 aliphatic rings. The number of hydrogen-bond donors (Lipinski definition) is 0. The zero-order chi connectivity index (χ0) is 19.2. The average Bonchev–Trinajstić information content (AvgIpc) is 2.70. The number of piperidine rings is 1. The van der Waals surface area contributed by atoms with Crippen LogP contribution in [0.5, 0.6) is 0 Å². The summed E-state index contributed by atoms with van der Waals surface area (Å²) in [5.74, 6) is 0.363. The number of thiocarbonyl (C=S) groups is 1. The second-order valence-electron chi connectivity index (χ2n) is 7.22. The van der Waals surface area contributed by atoms with Crippen LogP contribution in [0.4, 0.5) is 0 Å². The highest BCUT2D eigenvalue weighted by atomic mass is 32.2. The molecule has 3 rings (SSSR count). The molecule has 1 fully saturated rings. The Morgan fingerprint density at radius 1 is 1.15 bits per heavy atom. The van der Waals surface area contributed by atoms with Crippen LogP contribution in [0.2, 0.25) is 0 Å². The minimum absolute atomic E-state index is 0.143. The van der Waals surface area contributed by atoms with Crippen LogP contribution < -0.4 is 0 Å². The largest absolute Gasteiger partial charge is 0.455 e. The molecule has 0 atom stereocenters. The lowest BCUT2D eigenvalue weighted by Crippen LogP contribution is -2.38. The van der Waals surface area contributed by atoms with Gasteiger partial charge in [0.2, 0.25) is 0 Å². The Hall–Kier alpha value is -1.60. The summed E-state index contributed by atoms with van der Waals surface area (Å²) in [6.45, 7) is 5.21. The van der Waals surface area contributed by atoms with Crippen LogP contribution in [-0.2, 0) is 27.3 Å². The smallest absolute Gasteiger partial charge is 0.316 e. The zero-order valence-corrected chi connectivity index (χ0v) is 17.3. The maximum Gasteiger partial charge on any atom is 0.316 e. The Kier molecular flexibility index (Phi) is 7.13. The second-order valence-corrected chi connectivity index (χ2v) is 8.83. The summed E-state index contributed by atoms with van der Waals surface area (Å²) in [6, 6.07) is 8.14. The molecule has 0 spiro atoms. The van der Waals surface area contributed by atoms with Gasteiger partial charge in [-0.1, -0.05) is 55.2 Å². The molecule has 1 aromatic rings. The van der Waals surface area contributed by atoms with Crippen LogP contribution in [0, 0.1) is 5.92 Å². The molecule has 0 aliphatic carbocycles. The lowest BCUT2D eigenvalue weighted by molar-refractivity contribution is -0.150. The number of esters is 1. The summed E-state index contributed by atoms with van der Waals surface area (Å²) in [6.07, 6.45) is 3.12. The predicted molar refractivity (Wildman–Crippen MR) is 112 cm³/mol. The Morgan fingerprint density at radius 2 is 1.85 bits per heavy atom. The van der Waals surface area contributed by atoms with E-state index in [9.17, 15) is 9.59 Å². The van der Waals surface area contributed by atoms with Gasteiger partial charge >= 0.3 is 5.97 Å². The van der Waals surface area contributed by atoms with Crippen molar-refractivity contribution in [3.05, 3.63) is 35.4 Å². The number of likely N-dealkylation sites (tertiary alicyclic amines) is 1. The molecule has 7 heteroatoms. The summed E-state index contributed by atoms with van der Waals surface area (Å²) in [5.41, 5.74) is 2.45. The fourth-order valence-corrected chi connectivity index (χ4v) is 4.44. The van der Waals surface area contributed by atoms with E-state index in [1.54, 1.807) is 4.90 Å². The third kappa shape index (κ3) is 5.69. The fraction of sp³-hybridized carbons (Fsp3) is 0.550. The van der Waals surface area contributed by atoms with Crippen LogP contribution in [0.25, 0.3) is 0 Å². The summed E-state index contributed by atoms with van der Waals surface area (Å²) >= 11 is 6.74. The normalized spacial score (nSPS) is 17.4. The minimum Gasteiger partial charge on any atom is -0.455 e. The second kappa shape index (κ2) is 9.55. The first-order chi connectivity index (χ1) is 13.0. The molecule has 0 saturated carbocycles. The van der Waals surface area contributed by atoms with E-state index in [0.29, 0.717) is 13.1 Å². The molecular formula is C20H26N2O3S2. The van der Waals surface area contributed by atoms with E-state index < -0.39 is 5.97 Å². The first-order valence-corrected chi connectivity index (χ1v) is 10.8. The lowest BCUT2D eigenvalue weighted by atomic mass is 10.00. The summed E-state index contributed by atoms with van der Waals surface area (Å²) < 4.78 is 5.92. The molecule has 0 N–H and O–H groups in total. The number of carbonyl (C=O) groups excluding carboxylic acids is 2. The number of hydrogen-bond acceptors (Lipinski definition) is 5. The Labute approximate surface area is 170 Å². The number of rotatable bonds is 4. The monoisotopic (exact) mass is 406 g/mol. The molecule has 27 heavy (non-hydrogen) atoms. The van der Waals surface area contributed by atoms with Gasteiger partial charge in [0.25, 0.3) is 5.91 Å². The highest BCUT2D eigenvalue weighted by Crippen LogP contribution is 2.21. The zero-order valence-electron chi connectivity index (χ0n) is 15.7. The van der Waals surface area contributed by atoms with Gasteiger partial charge in [0.15, 0.2) is 6.61 Å². The molecule has 1 amide bonds. The summed E-state index contributed by atoms with van der Waals surface area (Å²) in [5, 5.41) is 0. The van der Waals surface area contributed by atoms with Crippen LogP contribution in [0.1, 0.15) is 30.9 Å². The first kappa shape index (κ1) is 20.1. The number of fused-ring (bicyclic) bond motifs is 1. The van der Waals surface area contributed by atoms with Crippen molar-refractivity contribution >= 4 is 40.2 Å². The fourth-order valence-electron chi connectivity index (χ4n) is 3.39. The third-order valence-electron chi connectivity index (χ3n) is 5.20. The SMILES string of the molecule is CC1CCN(C(=S)SCC(=O)OCC(=O)N2CCc3ccccc3C2)CC1. The lowest BCUT2D eigenvalue weighted by Gasteiger charge is -2.31. The van der Waals surface area contributed by atoms with Gasteiger partial charge in [0.1, 0.15) is 4.32 Å². The van der Waals surface area contributed by atoms with Gasteiger partial charge in [-0.25, -0.2) is 0 Å². The minimum atomic E-state index is -0.390. The predicted octanol–water partition coefficient (Wildman–Crippen LogP) is 2.86. The number of nitrogens with zero attached hydrogens (tertiary/aromatic N) is 2. The van der Waals surface area contributed by atoms with E-state index in [2.05, 4.69) is 17.9 Å². The topological polar surface area (TPSA) is 49.9 Å². The number of ether oxygens (including phenoxy) is 1. The average molecular weight is 407 g/mol. The Bertz CT molecular complexity index is 702. The Morgan fingerprint density at radius 3 is 2.59 bits per heavy atom. The van der Waals surface area contributed by atoms with Crippen molar-refractivity contribution in [2.75, 3.05) is 32.0 Å². The highest BCUT2D eigenvalue weighted by Gasteiger charge is 2.22. The molecule has 0 radical (unpaired) electrons. The van der Waals surface area contributed by atoms with E-state index in [1.165, 1.54) is 22.9 Å². The van der Waals surface area contributed by atoms with E-state index in [-0.39, 0.29) is 18.3 Å². The van der Waals surface area contributed by atoms with E-state index in [4.69, 9.17) is 17.0 Å². The molecule has 2 heterocycles. The molecule has 0 unspecified atom stereocenters. The number of thioether (sulfide) groups is 1. The van der Waals surface area contributed by atoms with Crippen molar-refractivity contribution in [3.8, 4) is 0 Å². The first-order valence-electron chi connectivity index (χ1n) is 9.45. The van der Waals surface area contributed by atoms with Gasteiger partial charge in [0, 0.05) is 26.2 Å². The van der Waals surface area contributed by atoms with Crippen molar-refractivity contribution in [2.24, 2.45) is 5.92 Å².